The van der Waals surface area contributed by atoms with Crippen molar-refractivity contribution in [2.45, 2.75) is 13.3 Å². The van der Waals surface area contributed by atoms with Gasteiger partial charge in [0, 0.05) is 19.2 Å². The minimum absolute atomic E-state index is 0.283. The van der Waals surface area contributed by atoms with Crippen molar-refractivity contribution < 1.29 is 4.39 Å². The predicted octanol–water partition coefficient (Wildman–Crippen LogP) is 1.24. The highest BCUT2D eigenvalue weighted by Crippen LogP contribution is 2.19. The highest BCUT2D eigenvalue weighted by atomic mass is 19.1. The molecule has 70 valence electrons. The van der Waals surface area contributed by atoms with Crippen LogP contribution in [-0.4, -0.2) is 18.1 Å². The molecule has 13 heavy (non-hydrogen) atoms. The smallest absolute Gasteiger partial charge is 0.143 e. The number of anilines is 1. The Morgan fingerprint density at radius 1 is 1.62 bits per heavy atom. The zero-order chi connectivity index (χ0) is 9.26. The topological polar surface area (TPSA) is 28.2 Å². The lowest BCUT2D eigenvalue weighted by Gasteiger charge is -2.19. The van der Waals surface area contributed by atoms with E-state index in [-0.39, 0.29) is 5.82 Å². The summed E-state index contributed by atoms with van der Waals surface area (Å²) >= 11 is 0. The molecular formula is C9H12FN3. The Kier molecular flexibility index (Phi) is 2.14. The van der Waals surface area contributed by atoms with E-state index in [2.05, 4.69) is 10.4 Å². The number of aromatic nitrogens is 1. The summed E-state index contributed by atoms with van der Waals surface area (Å²) in [6.45, 7) is 3.76. The van der Waals surface area contributed by atoms with E-state index in [9.17, 15) is 4.39 Å². The largest absolute Gasteiger partial charge is 0.306 e. The molecule has 1 aliphatic heterocycles. The van der Waals surface area contributed by atoms with Crippen LogP contribution in [0.25, 0.3) is 0 Å². The Morgan fingerprint density at radius 2 is 2.46 bits per heavy atom. The molecule has 0 aromatic carbocycles. The van der Waals surface area contributed by atoms with Crippen LogP contribution < -0.4 is 10.4 Å². The molecule has 2 rings (SSSR count). The van der Waals surface area contributed by atoms with E-state index < -0.39 is 0 Å². The Hall–Kier alpha value is -1.16. The van der Waals surface area contributed by atoms with Gasteiger partial charge in [-0.25, -0.2) is 9.82 Å². The molecule has 1 aromatic heterocycles. The van der Waals surface area contributed by atoms with Crippen molar-refractivity contribution in [3.63, 3.8) is 0 Å². The first-order valence-electron chi connectivity index (χ1n) is 4.40. The molecule has 0 atom stereocenters. The van der Waals surface area contributed by atoms with Crippen LogP contribution in [0.4, 0.5) is 10.1 Å². The van der Waals surface area contributed by atoms with E-state index in [1.807, 2.05) is 11.9 Å². The van der Waals surface area contributed by atoms with Crippen LogP contribution in [0.1, 0.15) is 12.1 Å². The van der Waals surface area contributed by atoms with Crippen molar-refractivity contribution in [1.82, 2.24) is 10.4 Å². The summed E-state index contributed by atoms with van der Waals surface area (Å²) in [5, 5.41) is 1.95. The van der Waals surface area contributed by atoms with Gasteiger partial charge in [0.2, 0.25) is 0 Å². The monoisotopic (exact) mass is 181 g/mol. The summed E-state index contributed by atoms with van der Waals surface area (Å²) in [6, 6.07) is 1.51. The maximum atomic E-state index is 12.9. The minimum Gasteiger partial charge on any atom is -0.306 e. The molecule has 0 spiro atoms. The standard InChI is InChI=1S/C9H12FN3/c1-7-9(5-8(10)6-11-7)13-4-2-3-12-13/h5-6,12H,2-4H2,1H3. The highest BCUT2D eigenvalue weighted by molar-refractivity contribution is 5.49. The lowest BCUT2D eigenvalue weighted by molar-refractivity contribution is 0.617. The van der Waals surface area contributed by atoms with Gasteiger partial charge >= 0.3 is 0 Å². The molecule has 1 aromatic rings. The number of hydrazine groups is 1. The third-order valence-corrected chi connectivity index (χ3v) is 2.18. The van der Waals surface area contributed by atoms with E-state index in [4.69, 9.17) is 0 Å². The van der Waals surface area contributed by atoms with E-state index in [0.717, 1.165) is 30.9 Å². The van der Waals surface area contributed by atoms with Gasteiger partial charge in [-0.3, -0.25) is 4.98 Å². The predicted molar refractivity (Wildman–Crippen MR) is 48.9 cm³/mol. The molecule has 3 nitrogen and oxygen atoms in total. The first-order chi connectivity index (χ1) is 6.27. The Morgan fingerprint density at radius 3 is 3.15 bits per heavy atom. The summed E-state index contributed by atoms with van der Waals surface area (Å²) in [7, 11) is 0. The van der Waals surface area contributed by atoms with Gasteiger partial charge in [0.25, 0.3) is 0 Å². The van der Waals surface area contributed by atoms with Gasteiger partial charge < -0.3 is 5.01 Å². The fraction of sp³-hybridized carbons (Fsp3) is 0.444. The van der Waals surface area contributed by atoms with Gasteiger partial charge in [-0.2, -0.15) is 0 Å². The van der Waals surface area contributed by atoms with Crippen molar-refractivity contribution >= 4 is 5.69 Å². The van der Waals surface area contributed by atoms with E-state index in [1.165, 1.54) is 12.3 Å². The van der Waals surface area contributed by atoms with Crippen molar-refractivity contribution in [3.8, 4) is 0 Å². The molecule has 0 saturated carbocycles. The molecule has 0 bridgehead atoms. The van der Waals surface area contributed by atoms with Crippen molar-refractivity contribution in [3.05, 3.63) is 23.8 Å². The lowest BCUT2D eigenvalue weighted by Crippen LogP contribution is -2.31. The molecule has 1 aliphatic rings. The summed E-state index contributed by atoms with van der Waals surface area (Å²) in [4.78, 5) is 3.97. The summed E-state index contributed by atoms with van der Waals surface area (Å²) in [6.07, 6.45) is 2.34. The molecule has 0 aliphatic carbocycles. The minimum atomic E-state index is -0.283. The first kappa shape index (κ1) is 8.44. The number of rotatable bonds is 1. The zero-order valence-corrected chi connectivity index (χ0v) is 7.55. The molecule has 1 N–H and O–H groups in total. The highest BCUT2D eigenvalue weighted by Gasteiger charge is 2.14. The quantitative estimate of drug-likeness (QED) is 0.706. The Labute approximate surface area is 76.6 Å². The summed E-state index contributed by atoms with van der Waals surface area (Å²) in [5.41, 5.74) is 4.87. The maximum Gasteiger partial charge on any atom is 0.143 e. The number of hydrogen-bond donors (Lipinski definition) is 1. The SMILES string of the molecule is Cc1ncc(F)cc1N1CCCN1. The molecule has 0 radical (unpaired) electrons. The zero-order valence-electron chi connectivity index (χ0n) is 7.55. The number of hydrogen-bond acceptors (Lipinski definition) is 3. The third kappa shape index (κ3) is 1.62. The van der Waals surface area contributed by atoms with Gasteiger partial charge in [-0.1, -0.05) is 0 Å². The maximum absolute atomic E-state index is 12.9. The Balaban J connectivity index is 2.32. The van der Waals surface area contributed by atoms with E-state index in [0.29, 0.717) is 0 Å². The lowest BCUT2D eigenvalue weighted by atomic mass is 10.3. The van der Waals surface area contributed by atoms with E-state index in [1.54, 1.807) is 0 Å². The second-order valence-electron chi connectivity index (χ2n) is 3.17. The molecule has 0 unspecified atom stereocenters. The number of pyridine rings is 1. The summed E-state index contributed by atoms with van der Waals surface area (Å²) < 4.78 is 12.9. The van der Waals surface area contributed by atoms with Crippen LogP contribution in [0.15, 0.2) is 12.3 Å². The van der Waals surface area contributed by atoms with Gasteiger partial charge in [-0.05, 0) is 13.3 Å². The number of nitrogens with zero attached hydrogens (tertiary/aromatic N) is 2. The number of halogens is 1. The van der Waals surface area contributed by atoms with Gasteiger partial charge in [-0.15, -0.1) is 0 Å². The van der Waals surface area contributed by atoms with Crippen LogP contribution >= 0.6 is 0 Å². The third-order valence-electron chi connectivity index (χ3n) is 2.18. The molecule has 1 fully saturated rings. The Bertz CT molecular complexity index is 308. The molecule has 0 amide bonds. The van der Waals surface area contributed by atoms with E-state index >= 15 is 0 Å². The second kappa shape index (κ2) is 3.30. The van der Waals surface area contributed by atoms with Crippen molar-refractivity contribution in [1.29, 1.82) is 0 Å². The van der Waals surface area contributed by atoms with Crippen LogP contribution in [0, 0.1) is 12.7 Å². The molecule has 1 saturated heterocycles. The van der Waals surface area contributed by atoms with Crippen molar-refractivity contribution in [2.75, 3.05) is 18.1 Å². The molecule has 2 heterocycles. The number of nitrogens with one attached hydrogen (secondary N) is 1. The fourth-order valence-electron chi connectivity index (χ4n) is 1.51. The average molecular weight is 181 g/mol. The van der Waals surface area contributed by atoms with Gasteiger partial charge in [0.1, 0.15) is 5.82 Å². The molecular weight excluding hydrogens is 169 g/mol. The van der Waals surface area contributed by atoms with Gasteiger partial charge in [0.05, 0.1) is 17.6 Å². The van der Waals surface area contributed by atoms with Crippen LogP contribution in [0.2, 0.25) is 0 Å². The average Bonchev–Trinajstić information content (AvgIpc) is 2.61. The fourth-order valence-corrected chi connectivity index (χ4v) is 1.51. The summed E-state index contributed by atoms with van der Waals surface area (Å²) in [5.74, 6) is -0.283. The van der Waals surface area contributed by atoms with Crippen LogP contribution in [0.5, 0.6) is 0 Å². The van der Waals surface area contributed by atoms with Gasteiger partial charge in [0.15, 0.2) is 0 Å². The van der Waals surface area contributed by atoms with Crippen LogP contribution in [0.3, 0.4) is 0 Å². The normalized spacial score (nSPS) is 16.6. The van der Waals surface area contributed by atoms with Crippen molar-refractivity contribution in [2.24, 2.45) is 0 Å². The first-order valence-corrected chi connectivity index (χ1v) is 4.40. The second-order valence-corrected chi connectivity index (χ2v) is 3.17. The number of aryl methyl sites for hydroxylation is 1. The molecule has 4 heteroatoms. The van der Waals surface area contributed by atoms with Crippen LogP contribution in [-0.2, 0) is 0 Å².